The van der Waals surface area contributed by atoms with E-state index in [-0.39, 0.29) is 5.39 Å². The molecule has 0 unspecified atom stereocenters. The Labute approximate surface area is 85.2 Å². The molecule has 2 N–H and O–H groups in total. The van der Waals surface area contributed by atoms with Gasteiger partial charge in [-0.1, -0.05) is 0 Å². The summed E-state index contributed by atoms with van der Waals surface area (Å²) in [5.41, 5.74) is 0.640. The number of halogens is 2. The van der Waals surface area contributed by atoms with Crippen LogP contribution >= 0.6 is 0 Å². The fourth-order valence-corrected chi connectivity index (χ4v) is 1.58. The van der Waals surface area contributed by atoms with Crippen molar-refractivity contribution >= 4 is 16.5 Å². The van der Waals surface area contributed by atoms with E-state index in [1.54, 1.807) is 7.05 Å². The van der Waals surface area contributed by atoms with Crippen LogP contribution in [0, 0.1) is 11.6 Å². The highest BCUT2D eigenvalue weighted by Crippen LogP contribution is 2.33. The summed E-state index contributed by atoms with van der Waals surface area (Å²) in [6.07, 6.45) is 0. The van der Waals surface area contributed by atoms with Crippen molar-refractivity contribution in [3.8, 4) is 5.75 Å². The van der Waals surface area contributed by atoms with Crippen molar-refractivity contribution in [1.29, 1.82) is 0 Å². The summed E-state index contributed by atoms with van der Waals surface area (Å²) in [7, 11) is 1.67. The Bertz CT molecular complexity index is 525. The molecule has 2 aromatic carbocycles. The van der Waals surface area contributed by atoms with E-state index >= 15 is 0 Å². The van der Waals surface area contributed by atoms with E-state index in [0.717, 1.165) is 6.07 Å². The Hall–Kier alpha value is -1.84. The summed E-state index contributed by atoms with van der Waals surface area (Å²) in [4.78, 5) is 0. The van der Waals surface area contributed by atoms with Gasteiger partial charge in [-0.2, -0.15) is 0 Å². The molecule has 0 fully saturated rings. The van der Waals surface area contributed by atoms with Gasteiger partial charge in [0.05, 0.1) is 5.39 Å². The maximum Gasteiger partial charge on any atom is 0.165 e. The third-order valence-electron chi connectivity index (χ3n) is 2.32. The van der Waals surface area contributed by atoms with E-state index < -0.39 is 17.4 Å². The second-order valence-electron chi connectivity index (χ2n) is 3.16. The standard InChI is InChI=1S/C11H9F2NO/c1-14-9-5-4-7(12)10-6(9)2-3-8(13)11(10)15/h2-5,14-15H,1H3. The van der Waals surface area contributed by atoms with Crippen LogP contribution < -0.4 is 5.32 Å². The average molecular weight is 209 g/mol. The number of phenolic OH excluding ortho intramolecular Hbond substituents is 1. The molecule has 0 aliphatic rings. The van der Waals surface area contributed by atoms with E-state index in [9.17, 15) is 13.9 Å². The largest absolute Gasteiger partial charge is 0.504 e. The van der Waals surface area contributed by atoms with Crippen LogP contribution in [-0.4, -0.2) is 12.2 Å². The van der Waals surface area contributed by atoms with Crippen molar-refractivity contribution in [2.75, 3.05) is 12.4 Å². The van der Waals surface area contributed by atoms with Crippen LogP contribution in [0.1, 0.15) is 0 Å². The summed E-state index contributed by atoms with van der Waals surface area (Å²) >= 11 is 0. The SMILES string of the molecule is CNc1ccc(F)c2c(O)c(F)ccc12. The zero-order valence-electron chi connectivity index (χ0n) is 8.01. The Morgan fingerprint density at radius 2 is 1.73 bits per heavy atom. The Kier molecular flexibility index (Phi) is 2.19. The van der Waals surface area contributed by atoms with Gasteiger partial charge in [0.1, 0.15) is 5.82 Å². The summed E-state index contributed by atoms with van der Waals surface area (Å²) in [6, 6.07) is 5.26. The van der Waals surface area contributed by atoms with Crippen molar-refractivity contribution in [3.63, 3.8) is 0 Å². The van der Waals surface area contributed by atoms with Gasteiger partial charge >= 0.3 is 0 Å². The van der Waals surface area contributed by atoms with Crippen LogP contribution in [0.3, 0.4) is 0 Å². The smallest absolute Gasteiger partial charge is 0.165 e. The monoisotopic (exact) mass is 209 g/mol. The minimum Gasteiger partial charge on any atom is -0.504 e. The second-order valence-corrected chi connectivity index (χ2v) is 3.16. The predicted molar refractivity (Wildman–Crippen MR) is 55.1 cm³/mol. The van der Waals surface area contributed by atoms with E-state index in [4.69, 9.17) is 0 Å². The molecule has 0 radical (unpaired) electrons. The fraction of sp³-hybridized carbons (Fsp3) is 0.0909. The molecule has 0 saturated heterocycles. The minimum atomic E-state index is -0.824. The zero-order valence-corrected chi connectivity index (χ0v) is 8.01. The van der Waals surface area contributed by atoms with Crippen LogP contribution in [0.15, 0.2) is 24.3 Å². The molecular formula is C11H9F2NO. The highest BCUT2D eigenvalue weighted by molar-refractivity contribution is 5.97. The maximum absolute atomic E-state index is 13.4. The van der Waals surface area contributed by atoms with Crippen LogP contribution in [0.25, 0.3) is 10.8 Å². The topological polar surface area (TPSA) is 32.3 Å². The number of anilines is 1. The van der Waals surface area contributed by atoms with Crippen molar-refractivity contribution in [2.45, 2.75) is 0 Å². The number of nitrogens with one attached hydrogen (secondary N) is 1. The van der Waals surface area contributed by atoms with E-state index in [1.165, 1.54) is 18.2 Å². The molecule has 2 aromatic rings. The molecule has 2 rings (SSSR count). The van der Waals surface area contributed by atoms with E-state index in [0.29, 0.717) is 11.1 Å². The molecule has 78 valence electrons. The average Bonchev–Trinajstić information content (AvgIpc) is 2.24. The van der Waals surface area contributed by atoms with Gasteiger partial charge in [0.25, 0.3) is 0 Å². The number of fused-ring (bicyclic) bond motifs is 1. The first kappa shape index (κ1) is 9.71. The molecule has 0 saturated carbocycles. The lowest BCUT2D eigenvalue weighted by atomic mass is 10.1. The number of hydrogen-bond acceptors (Lipinski definition) is 2. The molecule has 15 heavy (non-hydrogen) atoms. The number of aromatic hydroxyl groups is 1. The number of hydrogen-bond donors (Lipinski definition) is 2. The van der Waals surface area contributed by atoms with Crippen molar-refractivity contribution in [1.82, 2.24) is 0 Å². The fourth-order valence-electron chi connectivity index (χ4n) is 1.58. The lowest BCUT2D eigenvalue weighted by molar-refractivity contribution is 0.436. The number of phenols is 1. The minimum absolute atomic E-state index is 0.0955. The van der Waals surface area contributed by atoms with Gasteiger partial charge in [0.15, 0.2) is 11.6 Å². The molecule has 0 spiro atoms. The lowest BCUT2D eigenvalue weighted by Crippen LogP contribution is -1.92. The highest BCUT2D eigenvalue weighted by atomic mass is 19.1. The summed E-state index contributed by atoms with van der Waals surface area (Å²) < 4.78 is 26.4. The molecule has 4 heteroatoms. The number of rotatable bonds is 1. The molecule has 0 aromatic heterocycles. The van der Waals surface area contributed by atoms with Crippen LogP contribution in [0.5, 0.6) is 5.75 Å². The summed E-state index contributed by atoms with van der Waals surface area (Å²) in [6.45, 7) is 0. The number of benzene rings is 2. The molecule has 0 heterocycles. The highest BCUT2D eigenvalue weighted by Gasteiger charge is 2.12. The molecular weight excluding hydrogens is 200 g/mol. The molecule has 0 aliphatic carbocycles. The zero-order chi connectivity index (χ0) is 11.0. The van der Waals surface area contributed by atoms with Crippen LogP contribution in [-0.2, 0) is 0 Å². The van der Waals surface area contributed by atoms with Gasteiger partial charge in [-0.3, -0.25) is 0 Å². The molecule has 0 amide bonds. The van der Waals surface area contributed by atoms with Crippen molar-refractivity contribution in [3.05, 3.63) is 35.9 Å². The molecule has 2 nitrogen and oxygen atoms in total. The second kappa shape index (κ2) is 3.38. The van der Waals surface area contributed by atoms with Gasteiger partial charge in [-0.25, -0.2) is 8.78 Å². The van der Waals surface area contributed by atoms with E-state index in [2.05, 4.69) is 5.32 Å². The first-order chi connectivity index (χ1) is 7.15. The third kappa shape index (κ3) is 1.38. The van der Waals surface area contributed by atoms with Crippen molar-refractivity contribution in [2.24, 2.45) is 0 Å². The lowest BCUT2D eigenvalue weighted by Gasteiger charge is -2.08. The van der Waals surface area contributed by atoms with Gasteiger partial charge < -0.3 is 10.4 Å². The first-order valence-electron chi connectivity index (χ1n) is 4.42. The summed E-state index contributed by atoms with van der Waals surface area (Å²) in [5, 5.41) is 12.6. The predicted octanol–water partition coefficient (Wildman–Crippen LogP) is 2.87. The van der Waals surface area contributed by atoms with Crippen LogP contribution in [0.4, 0.5) is 14.5 Å². The van der Waals surface area contributed by atoms with Crippen molar-refractivity contribution < 1.29 is 13.9 Å². The van der Waals surface area contributed by atoms with Gasteiger partial charge in [0.2, 0.25) is 0 Å². The normalized spacial score (nSPS) is 10.6. The van der Waals surface area contributed by atoms with Crippen LogP contribution in [0.2, 0.25) is 0 Å². The Morgan fingerprint density at radius 1 is 1.07 bits per heavy atom. The first-order valence-corrected chi connectivity index (χ1v) is 4.42. The molecule has 0 aliphatic heterocycles. The van der Waals surface area contributed by atoms with Gasteiger partial charge in [-0.05, 0) is 24.3 Å². The third-order valence-corrected chi connectivity index (χ3v) is 2.32. The Balaban J connectivity index is 2.93. The van der Waals surface area contributed by atoms with Gasteiger partial charge in [0, 0.05) is 18.1 Å². The maximum atomic E-state index is 13.4. The molecule has 0 atom stereocenters. The van der Waals surface area contributed by atoms with E-state index in [1.807, 2.05) is 0 Å². The summed E-state index contributed by atoms with van der Waals surface area (Å²) in [5.74, 6) is -2.11. The Morgan fingerprint density at radius 3 is 2.40 bits per heavy atom. The van der Waals surface area contributed by atoms with Gasteiger partial charge in [-0.15, -0.1) is 0 Å². The quantitative estimate of drug-likeness (QED) is 0.756. The molecule has 0 bridgehead atoms.